The summed E-state index contributed by atoms with van der Waals surface area (Å²) in [5.74, 6) is -0.0863. The molecular formula is C14H16N2OS. The first kappa shape index (κ1) is 11.7. The van der Waals surface area contributed by atoms with E-state index < -0.39 is 0 Å². The highest BCUT2D eigenvalue weighted by atomic mass is 32.1. The molecule has 4 heteroatoms. The van der Waals surface area contributed by atoms with Crippen molar-refractivity contribution in [2.24, 2.45) is 0 Å². The number of nitrogens with zero attached hydrogens (tertiary/aromatic N) is 2. The fourth-order valence-electron chi connectivity index (χ4n) is 2.67. The highest BCUT2D eigenvalue weighted by Crippen LogP contribution is 2.30. The number of benzene rings is 1. The summed E-state index contributed by atoms with van der Waals surface area (Å²) in [6.45, 7) is 0. The monoisotopic (exact) mass is 260 g/mol. The predicted molar refractivity (Wildman–Crippen MR) is 69.3 cm³/mol. The summed E-state index contributed by atoms with van der Waals surface area (Å²) in [7, 11) is 0. The topological polar surface area (TPSA) is 39.8 Å². The second kappa shape index (κ2) is 5.06. The van der Waals surface area contributed by atoms with Crippen molar-refractivity contribution in [1.82, 2.24) is 4.37 Å². The molecule has 0 unspecified atom stereocenters. The molecule has 1 aromatic heterocycles. The van der Waals surface area contributed by atoms with E-state index in [1.54, 1.807) is 0 Å². The van der Waals surface area contributed by atoms with Crippen molar-refractivity contribution in [1.29, 1.82) is 0 Å². The third kappa shape index (κ3) is 2.12. The fourth-order valence-corrected chi connectivity index (χ4v) is 3.53. The van der Waals surface area contributed by atoms with E-state index in [-0.39, 0.29) is 5.88 Å². The maximum Gasteiger partial charge on any atom is 0.276 e. The van der Waals surface area contributed by atoms with Crippen LogP contribution in [-0.2, 0) is 0 Å². The second-order valence-electron chi connectivity index (χ2n) is 4.81. The Kier molecular flexibility index (Phi) is 3.28. The van der Waals surface area contributed by atoms with Gasteiger partial charge in [-0.05, 0) is 25.7 Å². The average Bonchev–Trinajstić information content (AvgIpc) is 2.83. The van der Waals surface area contributed by atoms with Crippen LogP contribution in [-0.4, -0.2) is 4.37 Å². The van der Waals surface area contributed by atoms with E-state index >= 15 is 0 Å². The van der Waals surface area contributed by atoms with Crippen LogP contribution in [0, 0.1) is 0 Å². The third-order valence-corrected chi connectivity index (χ3v) is 4.49. The summed E-state index contributed by atoms with van der Waals surface area (Å²) in [5, 5.41) is 12.0. The Morgan fingerprint density at radius 1 is 1.11 bits per heavy atom. The zero-order valence-corrected chi connectivity index (χ0v) is 11.0. The lowest BCUT2D eigenvalue weighted by molar-refractivity contribution is -0.652. The summed E-state index contributed by atoms with van der Waals surface area (Å²) in [6, 6.07) is 10.4. The summed E-state index contributed by atoms with van der Waals surface area (Å²) in [6.07, 6.45) is 6.19. The maximum atomic E-state index is 12.0. The molecule has 0 atom stereocenters. The van der Waals surface area contributed by atoms with Gasteiger partial charge >= 0.3 is 0 Å². The van der Waals surface area contributed by atoms with Gasteiger partial charge in [0.25, 0.3) is 11.7 Å². The van der Waals surface area contributed by atoms with Gasteiger partial charge in [-0.2, -0.15) is 3.96 Å². The van der Waals surface area contributed by atoms with Gasteiger partial charge in [0, 0.05) is 9.94 Å². The first-order valence-electron chi connectivity index (χ1n) is 6.50. The molecule has 1 aromatic carbocycles. The van der Waals surface area contributed by atoms with Gasteiger partial charge in [-0.1, -0.05) is 36.8 Å². The number of hydrogen-bond donors (Lipinski definition) is 0. The Bertz CT molecular complexity index is 518. The molecule has 1 aliphatic carbocycles. The molecule has 1 saturated carbocycles. The molecule has 1 fully saturated rings. The number of aromatic nitrogens is 2. The molecule has 18 heavy (non-hydrogen) atoms. The Hall–Kier alpha value is -1.42. The van der Waals surface area contributed by atoms with Crippen LogP contribution in [0.5, 0.6) is 5.88 Å². The third-order valence-electron chi connectivity index (χ3n) is 3.59. The molecule has 0 N–H and O–H groups in total. The molecule has 3 nitrogen and oxygen atoms in total. The number of hydrogen-bond acceptors (Lipinski definition) is 3. The van der Waals surface area contributed by atoms with Crippen molar-refractivity contribution < 1.29 is 9.06 Å². The molecule has 0 spiro atoms. The first-order valence-corrected chi connectivity index (χ1v) is 7.23. The van der Waals surface area contributed by atoms with E-state index in [0.717, 1.165) is 11.3 Å². The summed E-state index contributed by atoms with van der Waals surface area (Å²) >= 11 is 1.33. The standard InChI is InChI=1S/C14H16N2OS/c17-14-13(11-7-3-1-4-8-11)16(18-15-14)12-9-5-2-6-10-12/h1,3-4,7-8,12H,2,5-6,9-10H2. The van der Waals surface area contributed by atoms with Gasteiger partial charge in [-0.15, -0.1) is 0 Å². The van der Waals surface area contributed by atoms with Crippen LogP contribution in [0.25, 0.3) is 11.3 Å². The van der Waals surface area contributed by atoms with E-state index in [0.29, 0.717) is 6.04 Å². The summed E-state index contributed by atoms with van der Waals surface area (Å²) in [4.78, 5) is 0. The predicted octanol–water partition coefficient (Wildman–Crippen LogP) is 2.68. The van der Waals surface area contributed by atoms with Crippen LogP contribution in [0.3, 0.4) is 0 Å². The van der Waals surface area contributed by atoms with E-state index in [4.69, 9.17) is 0 Å². The molecule has 2 aromatic rings. The molecule has 94 valence electrons. The number of rotatable bonds is 2. The molecule has 0 bridgehead atoms. The van der Waals surface area contributed by atoms with Gasteiger partial charge < -0.3 is 5.11 Å². The van der Waals surface area contributed by atoms with Crippen LogP contribution >= 0.6 is 11.7 Å². The lowest BCUT2D eigenvalue weighted by Gasteiger charge is -2.19. The summed E-state index contributed by atoms with van der Waals surface area (Å²) < 4.78 is 6.15. The van der Waals surface area contributed by atoms with Crippen LogP contribution in [0.1, 0.15) is 38.1 Å². The van der Waals surface area contributed by atoms with Crippen molar-refractivity contribution in [3.63, 3.8) is 0 Å². The second-order valence-corrected chi connectivity index (χ2v) is 5.55. The maximum absolute atomic E-state index is 12.0. The van der Waals surface area contributed by atoms with Gasteiger partial charge in [0.05, 0.1) is 0 Å². The first-order chi connectivity index (χ1) is 8.86. The fraction of sp³-hybridized carbons (Fsp3) is 0.429. The van der Waals surface area contributed by atoms with Crippen LogP contribution in [0.2, 0.25) is 0 Å². The molecule has 1 aliphatic rings. The minimum Gasteiger partial charge on any atom is -0.835 e. The average molecular weight is 260 g/mol. The highest BCUT2D eigenvalue weighted by Gasteiger charge is 2.26. The van der Waals surface area contributed by atoms with Gasteiger partial charge in [0.15, 0.2) is 11.6 Å². The molecule has 0 saturated heterocycles. The minimum absolute atomic E-state index is 0.0863. The van der Waals surface area contributed by atoms with E-state index in [2.05, 4.69) is 8.33 Å². The lowest BCUT2D eigenvalue weighted by Crippen LogP contribution is -2.38. The smallest absolute Gasteiger partial charge is 0.276 e. The van der Waals surface area contributed by atoms with Crippen molar-refractivity contribution in [2.75, 3.05) is 0 Å². The largest absolute Gasteiger partial charge is 0.835 e. The Morgan fingerprint density at radius 3 is 2.56 bits per heavy atom. The lowest BCUT2D eigenvalue weighted by atomic mass is 9.95. The van der Waals surface area contributed by atoms with Gasteiger partial charge in [-0.3, -0.25) is 0 Å². The van der Waals surface area contributed by atoms with Crippen LogP contribution in [0.4, 0.5) is 0 Å². The summed E-state index contributed by atoms with van der Waals surface area (Å²) in [5.41, 5.74) is 1.76. The van der Waals surface area contributed by atoms with E-state index in [1.807, 2.05) is 30.3 Å². The quantitative estimate of drug-likeness (QED) is 0.779. The molecule has 1 heterocycles. The van der Waals surface area contributed by atoms with Gasteiger partial charge in [0.2, 0.25) is 0 Å². The van der Waals surface area contributed by atoms with E-state index in [9.17, 15) is 5.11 Å². The van der Waals surface area contributed by atoms with Crippen molar-refractivity contribution >= 4 is 11.7 Å². The normalized spacial score (nSPS) is 16.9. The van der Waals surface area contributed by atoms with E-state index in [1.165, 1.54) is 43.8 Å². The molecular weight excluding hydrogens is 244 g/mol. The van der Waals surface area contributed by atoms with Gasteiger partial charge in [-0.25, -0.2) is 0 Å². The van der Waals surface area contributed by atoms with Crippen molar-refractivity contribution in [3.8, 4) is 17.1 Å². The molecule has 3 rings (SSSR count). The van der Waals surface area contributed by atoms with Gasteiger partial charge in [0.1, 0.15) is 6.04 Å². The van der Waals surface area contributed by atoms with Crippen LogP contribution in [0.15, 0.2) is 30.3 Å². The Labute approximate surface area is 111 Å². The minimum atomic E-state index is -0.0863. The Balaban J connectivity index is 2.01. The van der Waals surface area contributed by atoms with Crippen molar-refractivity contribution in [3.05, 3.63) is 30.3 Å². The van der Waals surface area contributed by atoms with Crippen LogP contribution < -0.4 is 9.06 Å². The highest BCUT2D eigenvalue weighted by molar-refractivity contribution is 6.95. The zero-order chi connectivity index (χ0) is 12.4. The Morgan fingerprint density at radius 2 is 1.83 bits per heavy atom. The molecule has 0 aliphatic heterocycles. The van der Waals surface area contributed by atoms with Crippen molar-refractivity contribution in [2.45, 2.75) is 38.1 Å². The molecule has 0 amide bonds. The zero-order valence-electron chi connectivity index (χ0n) is 10.2. The SMILES string of the molecule is [O-]c1ns[n+](C2CCCCC2)c1-c1ccccc1. The molecule has 0 radical (unpaired) electrons.